The van der Waals surface area contributed by atoms with Crippen LogP contribution in [0.2, 0.25) is 0 Å². The van der Waals surface area contributed by atoms with Crippen LogP contribution in [0.4, 0.5) is 0 Å². The Bertz CT molecular complexity index is 1200. The average molecular weight is 506 g/mol. The van der Waals surface area contributed by atoms with E-state index in [4.69, 9.17) is 14.2 Å². The van der Waals surface area contributed by atoms with Gasteiger partial charge >= 0.3 is 0 Å². The molecule has 3 aromatic rings. The number of unbranched alkanes of at least 4 members (excludes halogenated alkanes) is 7. The number of aryl methyl sites for hydroxylation is 1. The standard InChI is InChI=1S/C30H35NO4S/c1-25-10-20-30(21-11-25)36(32,33)35-23-9-7-5-3-2-4-6-8-22-34-29-18-16-28(17-19-29)27-14-12-26(24-31)13-15-27/h10-21H,2-9,22-23H2,1H3. The molecule has 0 unspecified atom stereocenters. The maximum atomic E-state index is 12.1. The van der Waals surface area contributed by atoms with Crippen LogP contribution in [0.25, 0.3) is 11.1 Å². The van der Waals surface area contributed by atoms with Gasteiger partial charge in [0.05, 0.1) is 29.7 Å². The Labute approximate surface area is 215 Å². The summed E-state index contributed by atoms with van der Waals surface area (Å²) in [5.41, 5.74) is 3.87. The molecule has 0 radical (unpaired) electrons. The topological polar surface area (TPSA) is 76.4 Å². The summed E-state index contributed by atoms with van der Waals surface area (Å²) in [6.07, 6.45) is 8.51. The minimum absolute atomic E-state index is 0.220. The zero-order valence-electron chi connectivity index (χ0n) is 21.0. The maximum absolute atomic E-state index is 12.1. The van der Waals surface area contributed by atoms with E-state index in [0.717, 1.165) is 61.0 Å². The summed E-state index contributed by atoms with van der Waals surface area (Å²) < 4.78 is 35.3. The summed E-state index contributed by atoms with van der Waals surface area (Å²) in [6.45, 7) is 2.87. The van der Waals surface area contributed by atoms with Gasteiger partial charge < -0.3 is 4.74 Å². The second-order valence-electron chi connectivity index (χ2n) is 8.98. The van der Waals surface area contributed by atoms with E-state index in [1.807, 2.05) is 55.5 Å². The summed E-state index contributed by atoms with van der Waals surface area (Å²) in [7, 11) is -3.65. The normalized spacial score (nSPS) is 11.2. The van der Waals surface area contributed by atoms with E-state index in [-0.39, 0.29) is 11.5 Å². The van der Waals surface area contributed by atoms with Gasteiger partial charge in [-0.15, -0.1) is 0 Å². The molecule has 3 aromatic carbocycles. The Morgan fingerprint density at radius 2 is 1.17 bits per heavy atom. The third kappa shape index (κ3) is 9.14. The molecule has 0 N–H and O–H groups in total. The summed E-state index contributed by atoms with van der Waals surface area (Å²) >= 11 is 0. The molecule has 0 saturated carbocycles. The van der Waals surface area contributed by atoms with Crippen LogP contribution in [0.1, 0.15) is 62.5 Å². The molecular weight excluding hydrogens is 470 g/mol. The molecule has 0 aliphatic rings. The molecule has 190 valence electrons. The zero-order chi connectivity index (χ0) is 25.6. The minimum atomic E-state index is -3.65. The fraction of sp³-hybridized carbons (Fsp3) is 0.367. The molecule has 0 bridgehead atoms. The number of nitriles is 1. The molecular formula is C30H35NO4S. The van der Waals surface area contributed by atoms with Crippen molar-refractivity contribution in [2.45, 2.75) is 63.2 Å². The first-order valence-corrected chi connectivity index (χ1v) is 14.1. The molecule has 0 saturated heterocycles. The lowest BCUT2D eigenvalue weighted by Crippen LogP contribution is -2.07. The highest BCUT2D eigenvalue weighted by atomic mass is 32.2. The van der Waals surface area contributed by atoms with Crippen LogP contribution in [0.3, 0.4) is 0 Å². The Kier molecular flexibility index (Phi) is 11.0. The Morgan fingerprint density at radius 1 is 0.667 bits per heavy atom. The smallest absolute Gasteiger partial charge is 0.296 e. The molecule has 0 heterocycles. The van der Waals surface area contributed by atoms with Gasteiger partial charge in [0.15, 0.2) is 0 Å². The van der Waals surface area contributed by atoms with Crippen molar-refractivity contribution < 1.29 is 17.3 Å². The number of hydrogen-bond acceptors (Lipinski definition) is 5. The fourth-order valence-electron chi connectivity index (χ4n) is 3.88. The molecule has 36 heavy (non-hydrogen) atoms. The van der Waals surface area contributed by atoms with E-state index in [1.54, 1.807) is 24.3 Å². The van der Waals surface area contributed by atoms with Gasteiger partial charge in [-0.05, 0) is 67.3 Å². The monoisotopic (exact) mass is 505 g/mol. The average Bonchev–Trinajstić information content (AvgIpc) is 2.90. The van der Waals surface area contributed by atoms with Gasteiger partial charge in [-0.25, -0.2) is 0 Å². The van der Waals surface area contributed by atoms with Gasteiger partial charge in [0.1, 0.15) is 5.75 Å². The molecule has 6 heteroatoms. The van der Waals surface area contributed by atoms with Gasteiger partial charge in [0.25, 0.3) is 10.1 Å². The number of hydrogen-bond donors (Lipinski definition) is 0. The van der Waals surface area contributed by atoms with Crippen molar-refractivity contribution in [1.82, 2.24) is 0 Å². The predicted octanol–water partition coefficient (Wildman–Crippen LogP) is 7.44. The number of rotatable bonds is 15. The molecule has 0 spiro atoms. The van der Waals surface area contributed by atoms with E-state index >= 15 is 0 Å². The van der Waals surface area contributed by atoms with Crippen molar-refractivity contribution in [3.63, 3.8) is 0 Å². The highest BCUT2D eigenvalue weighted by molar-refractivity contribution is 7.86. The molecule has 0 fully saturated rings. The maximum Gasteiger partial charge on any atom is 0.296 e. The second-order valence-corrected chi connectivity index (χ2v) is 10.6. The van der Waals surface area contributed by atoms with Crippen LogP contribution >= 0.6 is 0 Å². The lowest BCUT2D eigenvalue weighted by atomic mass is 10.0. The first-order valence-electron chi connectivity index (χ1n) is 12.7. The first-order chi connectivity index (χ1) is 17.5. The van der Waals surface area contributed by atoms with Crippen molar-refractivity contribution in [2.75, 3.05) is 13.2 Å². The molecule has 0 amide bonds. The van der Waals surface area contributed by atoms with Crippen LogP contribution in [-0.2, 0) is 14.3 Å². The van der Waals surface area contributed by atoms with Gasteiger partial charge in [0, 0.05) is 0 Å². The Hall–Kier alpha value is -3.14. The minimum Gasteiger partial charge on any atom is -0.494 e. The highest BCUT2D eigenvalue weighted by Gasteiger charge is 2.14. The van der Waals surface area contributed by atoms with Crippen LogP contribution in [0, 0.1) is 18.3 Å². The summed E-state index contributed by atoms with van der Waals surface area (Å²) in [5, 5.41) is 8.91. The van der Waals surface area contributed by atoms with Crippen LogP contribution in [0.5, 0.6) is 5.75 Å². The number of ether oxygens (including phenoxy) is 1. The first kappa shape index (κ1) is 27.4. The van der Waals surface area contributed by atoms with Crippen molar-refractivity contribution >= 4 is 10.1 Å². The zero-order valence-corrected chi connectivity index (χ0v) is 21.8. The van der Waals surface area contributed by atoms with Crippen molar-refractivity contribution in [3.8, 4) is 22.9 Å². The van der Waals surface area contributed by atoms with Gasteiger partial charge in [-0.3, -0.25) is 4.18 Å². The molecule has 3 rings (SSSR count). The van der Waals surface area contributed by atoms with Gasteiger partial charge in [-0.1, -0.05) is 80.5 Å². The third-order valence-corrected chi connectivity index (χ3v) is 7.38. The summed E-state index contributed by atoms with van der Waals surface area (Å²) in [6, 6.07) is 24.5. The highest BCUT2D eigenvalue weighted by Crippen LogP contribution is 2.23. The van der Waals surface area contributed by atoms with E-state index in [2.05, 4.69) is 6.07 Å². The SMILES string of the molecule is Cc1ccc(S(=O)(=O)OCCCCCCCCCCOc2ccc(-c3ccc(C#N)cc3)cc2)cc1. The van der Waals surface area contributed by atoms with Gasteiger partial charge in [0.2, 0.25) is 0 Å². The van der Waals surface area contributed by atoms with E-state index < -0.39 is 10.1 Å². The number of benzene rings is 3. The van der Waals surface area contributed by atoms with Crippen molar-refractivity contribution in [1.29, 1.82) is 5.26 Å². The van der Waals surface area contributed by atoms with Crippen LogP contribution in [0.15, 0.2) is 77.7 Å². The fourth-order valence-corrected chi connectivity index (χ4v) is 4.82. The van der Waals surface area contributed by atoms with E-state index in [0.29, 0.717) is 12.2 Å². The van der Waals surface area contributed by atoms with Crippen LogP contribution < -0.4 is 4.74 Å². The van der Waals surface area contributed by atoms with Crippen LogP contribution in [-0.4, -0.2) is 21.6 Å². The van der Waals surface area contributed by atoms with Gasteiger partial charge in [-0.2, -0.15) is 13.7 Å². The third-order valence-electron chi connectivity index (χ3n) is 6.06. The summed E-state index contributed by atoms with van der Waals surface area (Å²) in [5.74, 6) is 0.874. The Morgan fingerprint density at radius 3 is 1.72 bits per heavy atom. The van der Waals surface area contributed by atoms with Crippen molar-refractivity contribution in [2.24, 2.45) is 0 Å². The molecule has 5 nitrogen and oxygen atoms in total. The Balaban J connectivity index is 1.18. The van der Waals surface area contributed by atoms with E-state index in [9.17, 15) is 8.42 Å². The molecule has 0 aromatic heterocycles. The quantitative estimate of drug-likeness (QED) is 0.158. The largest absolute Gasteiger partial charge is 0.494 e. The summed E-state index contributed by atoms with van der Waals surface area (Å²) in [4.78, 5) is 0.220. The molecule has 0 atom stereocenters. The lowest BCUT2D eigenvalue weighted by molar-refractivity contribution is 0.302. The van der Waals surface area contributed by atoms with Crippen molar-refractivity contribution in [3.05, 3.63) is 83.9 Å². The lowest BCUT2D eigenvalue weighted by Gasteiger charge is -2.08. The molecule has 0 aliphatic heterocycles. The number of nitrogens with zero attached hydrogens (tertiary/aromatic N) is 1. The van der Waals surface area contributed by atoms with E-state index in [1.165, 1.54) is 12.8 Å². The predicted molar refractivity (Wildman–Crippen MR) is 143 cm³/mol. The second kappa shape index (κ2) is 14.4. The molecule has 0 aliphatic carbocycles.